The van der Waals surface area contributed by atoms with Gasteiger partial charge in [0.2, 0.25) is 0 Å². The Bertz CT molecular complexity index is 1270. The molecule has 0 saturated heterocycles. The summed E-state index contributed by atoms with van der Waals surface area (Å²) in [6, 6.07) is 7.13. The predicted molar refractivity (Wildman–Crippen MR) is 96.1 cm³/mol. The monoisotopic (exact) mass is 409 g/mol. The lowest BCUT2D eigenvalue weighted by molar-refractivity contribution is 0.589. The topological polar surface area (TPSA) is 103 Å². The number of sulfonamides is 1. The molecule has 3 rings (SSSR count). The van der Waals surface area contributed by atoms with E-state index in [1.54, 1.807) is 6.07 Å². The molecule has 10 heteroatoms. The van der Waals surface area contributed by atoms with Crippen molar-refractivity contribution in [3.8, 4) is 6.07 Å². The summed E-state index contributed by atoms with van der Waals surface area (Å²) < 4.78 is 55.4. The normalized spacial score (nSPS) is 11.3. The Kier molecular flexibility index (Phi) is 4.87. The van der Waals surface area contributed by atoms with Crippen molar-refractivity contribution < 1.29 is 17.2 Å². The van der Waals surface area contributed by atoms with Gasteiger partial charge < -0.3 is 4.98 Å². The van der Waals surface area contributed by atoms with Crippen LogP contribution in [0.1, 0.15) is 5.56 Å². The summed E-state index contributed by atoms with van der Waals surface area (Å²) in [5.41, 5.74) is -1.37. The van der Waals surface area contributed by atoms with Crippen molar-refractivity contribution in [3.63, 3.8) is 0 Å². The number of rotatable bonds is 4. The summed E-state index contributed by atoms with van der Waals surface area (Å²) in [6.45, 7) is 0. The van der Waals surface area contributed by atoms with Gasteiger partial charge in [0.1, 0.15) is 16.5 Å². The Labute approximate surface area is 157 Å². The van der Waals surface area contributed by atoms with Crippen molar-refractivity contribution >= 4 is 38.1 Å². The number of nitriles is 1. The number of anilines is 1. The van der Waals surface area contributed by atoms with Gasteiger partial charge in [-0.05, 0) is 18.2 Å². The number of benzene rings is 2. The number of aromatic nitrogens is 1. The van der Waals surface area contributed by atoms with Crippen LogP contribution >= 0.6 is 11.6 Å². The van der Waals surface area contributed by atoms with Crippen LogP contribution in [0.2, 0.25) is 5.02 Å². The van der Waals surface area contributed by atoms with Crippen LogP contribution in [0.25, 0.3) is 10.8 Å². The maximum absolute atomic E-state index is 14.2. The smallest absolute Gasteiger partial charge is 0.264 e. The third-order valence-corrected chi connectivity index (χ3v) is 5.41. The number of hydrogen-bond donors (Lipinski definition) is 2. The summed E-state index contributed by atoms with van der Waals surface area (Å²) in [4.78, 5) is 13.8. The van der Waals surface area contributed by atoms with Crippen LogP contribution < -0.4 is 10.3 Å². The fourth-order valence-corrected chi connectivity index (χ4v) is 3.92. The van der Waals surface area contributed by atoms with Crippen LogP contribution in [0.5, 0.6) is 0 Å². The molecule has 0 bridgehead atoms. The first-order chi connectivity index (χ1) is 12.7. The molecular weight excluding hydrogens is 400 g/mol. The second kappa shape index (κ2) is 6.98. The van der Waals surface area contributed by atoms with Crippen molar-refractivity contribution in [1.82, 2.24) is 4.98 Å². The Morgan fingerprint density at radius 3 is 2.59 bits per heavy atom. The molecule has 0 spiro atoms. The molecule has 0 unspecified atom stereocenters. The zero-order valence-electron chi connectivity index (χ0n) is 13.4. The number of pyridine rings is 1. The number of hydrogen-bond acceptors (Lipinski definition) is 4. The van der Waals surface area contributed by atoms with Crippen LogP contribution in [-0.2, 0) is 16.4 Å². The maximum atomic E-state index is 14.2. The number of nitrogens with zero attached hydrogens (tertiary/aromatic N) is 1. The molecule has 2 aromatic carbocycles. The van der Waals surface area contributed by atoms with Gasteiger partial charge in [-0.1, -0.05) is 17.7 Å². The highest BCUT2D eigenvalue weighted by atomic mass is 35.5. The summed E-state index contributed by atoms with van der Waals surface area (Å²) in [6.07, 6.45) is 0.598. The van der Waals surface area contributed by atoms with E-state index in [0.29, 0.717) is 6.07 Å². The van der Waals surface area contributed by atoms with Crippen LogP contribution in [0.4, 0.5) is 14.5 Å². The van der Waals surface area contributed by atoms with Crippen LogP contribution in [-0.4, -0.2) is 13.4 Å². The molecule has 0 saturated carbocycles. The Morgan fingerprint density at radius 2 is 1.89 bits per heavy atom. The lowest BCUT2D eigenvalue weighted by Crippen LogP contribution is -2.17. The molecule has 0 aliphatic rings. The molecule has 3 aromatic rings. The van der Waals surface area contributed by atoms with E-state index in [1.807, 2.05) is 4.72 Å². The number of fused-ring (bicyclic) bond motifs is 1. The third kappa shape index (κ3) is 3.63. The zero-order valence-corrected chi connectivity index (χ0v) is 15.0. The molecule has 6 nitrogen and oxygen atoms in total. The van der Waals surface area contributed by atoms with Gasteiger partial charge in [0, 0.05) is 33.6 Å². The van der Waals surface area contributed by atoms with E-state index in [9.17, 15) is 22.0 Å². The molecule has 0 radical (unpaired) electrons. The van der Waals surface area contributed by atoms with Crippen molar-refractivity contribution in [3.05, 3.63) is 69.1 Å². The van der Waals surface area contributed by atoms with Gasteiger partial charge >= 0.3 is 0 Å². The van der Waals surface area contributed by atoms with Crippen LogP contribution in [0.15, 0.2) is 46.2 Å². The van der Waals surface area contributed by atoms with Gasteiger partial charge in [-0.2, -0.15) is 5.26 Å². The first-order valence-corrected chi connectivity index (χ1v) is 9.27. The lowest BCUT2D eigenvalue weighted by Gasteiger charge is -2.12. The van der Waals surface area contributed by atoms with Crippen molar-refractivity contribution in [2.75, 3.05) is 4.72 Å². The highest BCUT2D eigenvalue weighted by Crippen LogP contribution is 2.27. The first kappa shape index (κ1) is 18.8. The maximum Gasteiger partial charge on any atom is 0.264 e. The van der Waals surface area contributed by atoms with Crippen LogP contribution in [0.3, 0.4) is 0 Å². The highest BCUT2D eigenvalue weighted by Gasteiger charge is 2.22. The van der Waals surface area contributed by atoms with E-state index < -0.39 is 32.9 Å². The van der Waals surface area contributed by atoms with Gasteiger partial charge in [0.05, 0.1) is 18.2 Å². The highest BCUT2D eigenvalue weighted by molar-refractivity contribution is 7.93. The molecule has 0 amide bonds. The van der Waals surface area contributed by atoms with Crippen LogP contribution in [0, 0.1) is 23.0 Å². The van der Waals surface area contributed by atoms with Crippen molar-refractivity contribution in [2.45, 2.75) is 11.3 Å². The Morgan fingerprint density at radius 1 is 1.15 bits per heavy atom. The van der Waals surface area contributed by atoms with E-state index in [-0.39, 0.29) is 32.7 Å². The number of H-pyrrole nitrogens is 1. The molecule has 0 aliphatic carbocycles. The molecule has 1 aromatic heterocycles. The van der Waals surface area contributed by atoms with Crippen molar-refractivity contribution in [2.24, 2.45) is 0 Å². The molecule has 138 valence electrons. The lowest BCUT2D eigenvalue weighted by atomic mass is 10.1. The minimum atomic E-state index is -4.37. The van der Waals surface area contributed by atoms with E-state index in [0.717, 1.165) is 12.3 Å². The second-order valence-electron chi connectivity index (χ2n) is 5.54. The standard InChI is InChI=1S/C17H10ClF2N3O3S/c18-10-1-2-11-12(6-10)17(24)22-8-16(11)27(25,26)23-15-7-13(19)9(3-4-21)5-14(15)20/h1-2,5-8,23H,3H2,(H,22,24). The number of halogens is 3. The van der Waals surface area contributed by atoms with E-state index in [2.05, 4.69) is 4.98 Å². The Balaban J connectivity index is 2.11. The zero-order chi connectivity index (χ0) is 19.8. The summed E-state index contributed by atoms with van der Waals surface area (Å²) >= 11 is 5.83. The Hall–Kier alpha value is -2.96. The summed E-state index contributed by atoms with van der Waals surface area (Å²) in [7, 11) is -4.37. The minimum absolute atomic E-state index is 0.0291. The minimum Gasteiger partial charge on any atom is -0.327 e. The van der Waals surface area contributed by atoms with Gasteiger partial charge in [0.25, 0.3) is 15.6 Å². The first-order valence-electron chi connectivity index (χ1n) is 7.41. The molecule has 0 fully saturated rings. The fourth-order valence-electron chi connectivity index (χ4n) is 2.51. The molecular formula is C17H10ClF2N3O3S. The quantitative estimate of drug-likeness (QED) is 0.689. The fraction of sp³-hybridized carbons (Fsp3) is 0.0588. The second-order valence-corrected chi connectivity index (χ2v) is 7.62. The summed E-state index contributed by atoms with van der Waals surface area (Å²) in [5.74, 6) is -1.96. The average Bonchev–Trinajstić information content (AvgIpc) is 2.60. The SMILES string of the molecule is N#CCc1cc(F)c(NS(=O)(=O)c2c[nH]c(=O)c3cc(Cl)ccc23)cc1F. The predicted octanol–water partition coefficient (Wildman–Crippen LogP) is 3.33. The van der Waals surface area contributed by atoms with Gasteiger partial charge in [0.15, 0.2) is 0 Å². The molecule has 1 heterocycles. The summed E-state index contributed by atoms with van der Waals surface area (Å²) in [5, 5.41) is 8.92. The molecule has 2 N–H and O–H groups in total. The van der Waals surface area contributed by atoms with Gasteiger partial charge in [-0.25, -0.2) is 17.2 Å². The van der Waals surface area contributed by atoms with Gasteiger partial charge in [-0.15, -0.1) is 0 Å². The van der Waals surface area contributed by atoms with E-state index in [4.69, 9.17) is 16.9 Å². The molecule has 0 aliphatic heterocycles. The third-order valence-electron chi connectivity index (χ3n) is 3.77. The van der Waals surface area contributed by atoms with Crippen molar-refractivity contribution in [1.29, 1.82) is 5.26 Å². The van der Waals surface area contributed by atoms with Gasteiger partial charge in [-0.3, -0.25) is 9.52 Å². The molecule has 0 atom stereocenters. The number of aromatic amines is 1. The largest absolute Gasteiger partial charge is 0.327 e. The van der Waals surface area contributed by atoms with E-state index in [1.165, 1.54) is 18.2 Å². The average molecular weight is 410 g/mol. The number of nitrogens with one attached hydrogen (secondary N) is 2. The molecule has 27 heavy (non-hydrogen) atoms. The van der Waals surface area contributed by atoms with E-state index >= 15 is 0 Å².